The molecule has 0 aliphatic carbocycles. The normalized spacial score (nSPS) is 17.1. The number of aliphatic hydroxyl groups is 1. The number of hydrogen-bond acceptors (Lipinski definition) is 6. The van der Waals surface area contributed by atoms with E-state index in [2.05, 4.69) is 6.92 Å². The fourth-order valence-corrected chi connectivity index (χ4v) is 4.88. The van der Waals surface area contributed by atoms with Crippen molar-refractivity contribution in [2.75, 3.05) is 11.5 Å². The van der Waals surface area contributed by atoms with E-state index in [4.69, 9.17) is 9.47 Å². The van der Waals surface area contributed by atoms with Gasteiger partial charge < -0.3 is 14.6 Å². The van der Waals surface area contributed by atoms with E-state index in [1.165, 1.54) is 11.3 Å². The molecule has 180 valence electrons. The molecule has 7 heteroatoms. The lowest BCUT2D eigenvalue weighted by molar-refractivity contribution is -0.117. The summed E-state index contributed by atoms with van der Waals surface area (Å²) in [6, 6.07) is 11.4. The molecule has 0 radical (unpaired) electrons. The summed E-state index contributed by atoms with van der Waals surface area (Å²) in [4.78, 5) is 28.0. The molecule has 33 heavy (non-hydrogen) atoms. The topological polar surface area (TPSA) is 76.1 Å². The van der Waals surface area contributed by atoms with Gasteiger partial charge in [-0.3, -0.25) is 9.69 Å². The van der Waals surface area contributed by atoms with Crippen LogP contribution in [0.15, 0.2) is 36.4 Å². The lowest BCUT2D eigenvalue weighted by atomic mass is 10.0. The summed E-state index contributed by atoms with van der Waals surface area (Å²) in [6.45, 7) is 5.90. The van der Waals surface area contributed by atoms with Gasteiger partial charge in [-0.2, -0.15) is 0 Å². The van der Waals surface area contributed by atoms with Gasteiger partial charge in [0.1, 0.15) is 17.7 Å². The predicted octanol–water partition coefficient (Wildman–Crippen LogP) is 5.64. The zero-order chi connectivity index (χ0) is 23.8. The Morgan fingerprint density at radius 2 is 1.94 bits per heavy atom. The number of amides is 1. The first-order chi connectivity index (χ1) is 15.9. The minimum Gasteiger partial charge on any atom is -0.459 e. The summed E-state index contributed by atoms with van der Waals surface area (Å²) in [5, 5.41) is 10.4. The number of hydrogen-bond donors (Lipinski definition) is 1. The maximum atomic E-state index is 12.5. The van der Waals surface area contributed by atoms with Gasteiger partial charge in [0.15, 0.2) is 0 Å². The van der Waals surface area contributed by atoms with Crippen LogP contribution < -0.4 is 4.90 Å². The Morgan fingerprint density at radius 1 is 1.18 bits per heavy atom. The fourth-order valence-electron chi connectivity index (χ4n) is 3.95. The molecular weight excluding hydrogens is 438 g/mol. The van der Waals surface area contributed by atoms with Crippen LogP contribution in [0.1, 0.15) is 85.5 Å². The van der Waals surface area contributed by atoms with Crippen LogP contribution in [0.5, 0.6) is 0 Å². The first-order valence-electron chi connectivity index (χ1n) is 11.9. The third-order valence-corrected chi connectivity index (χ3v) is 6.80. The Labute approximate surface area is 200 Å². The van der Waals surface area contributed by atoms with E-state index in [0.717, 1.165) is 54.7 Å². The number of nitrogens with zero attached hydrogens (tertiary/aromatic N) is 1. The average Bonchev–Trinajstić information content (AvgIpc) is 3.40. The lowest BCUT2D eigenvalue weighted by Gasteiger charge is -2.23. The van der Waals surface area contributed by atoms with E-state index in [0.29, 0.717) is 11.3 Å². The molecule has 3 rings (SSSR count). The van der Waals surface area contributed by atoms with Gasteiger partial charge in [-0.05, 0) is 69.4 Å². The summed E-state index contributed by atoms with van der Waals surface area (Å²) in [5.74, 6) is -0.331. The first kappa shape index (κ1) is 25.4. The molecule has 2 aromatic rings. The van der Waals surface area contributed by atoms with E-state index in [9.17, 15) is 14.7 Å². The van der Waals surface area contributed by atoms with Gasteiger partial charge >= 0.3 is 5.97 Å². The first-order valence-corrected chi connectivity index (χ1v) is 12.7. The van der Waals surface area contributed by atoms with Crippen molar-refractivity contribution in [3.05, 3.63) is 51.7 Å². The predicted molar refractivity (Wildman–Crippen MR) is 131 cm³/mol. The molecule has 2 atom stereocenters. The number of aryl methyl sites for hydroxylation is 1. The van der Waals surface area contributed by atoms with Crippen LogP contribution in [0.3, 0.4) is 0 Å². The number of aliphatic hydroxyl groups excluding tert-OH is 1. The molecule has 1 saturated heterocycles. The van der Waals surface area contributed by atoms with Crippen LogP contribution in [0.2, 0.25) is 0 Å². The van der Waals surface area contributed by atoms with Gasteiger partial charge in [-0.25, -0.2) is 4.79 Å². The highest BCUT2D eigenvalue weighted by Crippen LogP contribution is 2.29. The molecule has 2 heterocycles. The highest BCUT2D eigenvalue weighted by atomic mass is 32.1. The van der Waals surface area contributed by atoms with E-state index in [1.807, 2.05) is 50.2 Å². The monoisotopic (exact) mass is 473 g/mol. The molecule has 1 aliphatic rings. The minimum atomic E-state index is -0.472. The van der Waals surface area contributed by atoms with Crippen LogP contribution in [0.4, 0.5) is 5.69 Å². The molecule has 1 amide bonds. The number of anilines is 1. The summed E-state index contributed by atoms with van der Waals surface area (Å²) >= 11 is 1.45. The highest BCUT2D eigenvalue weighted by molar-refractivity contribution is 7.13. The largest absolute Gasteiger partial charge is 0.459 e. The van der Waals surface area contributed by atoms with Crippen LogP contribution in [-0.2, 0) is 20.7 Å². The Morgan fingerprint density at radius 3 is 2.64 bits per heavy atom. The van der Waals surface area contributed by atoms with Crippen molar-refractivity contribution >= 4 is 28.9 Å². The van der Waals surface area contributed by atoms with Gasteiger partial charge in [0.05, 0.1) is 12.2 Å². The van der Waals surface area contributed by atoms with Crippen LogP contribution in [0.25, 0.3) is 0 Å². The number of benzene rings is 1. The van der Waals surface area contributed by atoms with Gasteiger partial charge in [0.25, 0.3) is 5.91 Å². The molecule has 1 fully saturated rings. The van der Waals surface area contributed by atoms with Gasteiger partial charge in [-0.1, -0.05) is 38.3 Å². The Balaban J connectivity index is 1.54. The molecule has 1 aromatic heterocycles. The average molecular weight is 474 g/mol. The number of rotatable bonds is 12. The van der Waals surface area contributed by atoms with Crippen LogP contribution in [-0.4, -0.2) is 35.9 Å². The molecule has 1 aliphatic heterocycles. The SMILES string of the molecule is CCCCCC(O)c1ccc(N2C(=O)CO[C@@H]2CCCc2ccc(C(=O)OC(C)C)s2)cc1. The molecule has 1 unspecified atom stereocenters. The number of ether oxygens (including phenoxy) is 2. The van der Waals surface area contributed by atoms with Crippen molar-refractivity contribution in [3.8, 4) is 0 Å². The van der Waals surface area contributed by atoms with Crippen LogP contribution >= 0.6 is 11.3 Å². The maximum absolute atomic E-state index is 12.5. The Kier molecular flexibility index (Phi) is 9.47. The number of carbonyl (C=O) groups is 2. The standard InChI is InChI=1S/C26H35NO5S/c1-4-5-6-9-22(28)19-11-13-20(14-12-19)27-24(29)17-31-25(27)10-7-8-21-15-16-23(33-21)26(30)32-18(2)3/h11-16,18,22,25,28H,4-10,17H2,1-3H3/t22?,25-/m1/s1. The molecular formula is C26H35NO5S. The summed E-state index contributed by atoms with van der Waals surface area (Å²) in [6.07, 6.45) is 5.44. The molecule has 0 saturated carbocycles. The molecule has 0 spiro atoms. The van der Waals surface area contributed by atoms with E-state index in [1.54, 1.807) is 4.90 Å². The summed E-state index contributed by atoms with van der Waals surface area (Å²) < 4.78 is 11.0. The molecule has 1 aromatic carbocycles. The Bertz CT molecular complexity index is 908. The van der Waals surface area contributed by atoms with Gasteiger partial charge in [0, 0.05) is 10.6 Å². The van der Waals surface area contributed by atoms with Crippen molar-refractivity contribution in [2.45, 2.75) is 84.2 Å². The van der Waals surface area contributed by atoms with Crippen molar-refractivity contribution in [3.63, 3.8) is 0 Å². The lowest BCUT2D eigenvalue weighted by Crippen LogP contribution is -2.33. The summed E-state index contributed by atoms with van der Waals surface area (Å²) in [5.41, 5.74) is 1.67. The van der Waals surface area contributed by atoms with Crippen molar-refractivity contribution in [1.29, 1.82) is 0 Å². The van der Waals surface area contributed by atoms with Crippen molar-refractivity contribution in [2.24, 2.45) is 0 Å². The second kappa shape index (κ2) is 12.3. The van der Waals surface area contributed by atoms with Gasteiger partial charge in [0.2, 0.25) is 0 Å². The fraction of sp³-hybridized carbons (Fsp3) is 0.538. The Hall–Kier alpha value is -2.22. The van der Waals surface area contributed by atoms with Crippen molar-refractivity contribution in [1.82, 2.24) is 0 Å². The molecule has 6 nitrogen and oxygen atoms in total. The van der Waals surface area contributed by atoms with E-state index < -0.39 is 6.10 Å². The van der Waals surface area contributed by atoms with Crippen LogP contribution in [0, 0.1) is 0 Å². The van der Waals surface area contributed by atoms with Crippen molar-refractivity contribution < 1.29 is 24.2 Å². The van der Waals surface area contributed by atoms with E-state index in [-0.39, 0.29) is 30.8 Å². The second-order valence-corrected chi connectivity index (χ2v) is 9.91. The molecule has 0 bridgehead atoms. The second-order valence-electron chi connectivity index (χ2n) is 8.74. The number of carbonyl (C=O) groups excluding carboxylic acids is 2. The number of thiophene rings is 1. The quantitative estimate of drug-likeness (QED) is 0.319. The van der Waals surface area contributed by atoms with Gasteiger partial charge in [-0.15, -0.1) is 11.3 Å². The highest BCUT2D eigenvalue weighted by Gasteiger charge is 2.32. The molecule has 1 N–H and O–H groups in total. The maximum Gasteiger partial charge on any atom is 0.348 e. The zero-order valence-corrected chi connectivity index (χ0v) is 20.6. The zero-order valence-electron chi connectivity index (χ0n) is 19.8. The van der Waals surface area contributed by atoms with E-state index >= 15 is 0 Å². The number of esters is 1. The third kappa shape index (κ3) is 7.13. The third-order valence-electron chi connectivity index (χ3n) is 5.67. The summed E-state index contributed by atoms with van der Waals surface area (Å²) in [7, 11) is 0. The number of unbranched alkanes of at least 4 members (excludes halogenated alkanes) is 2. The minimum absolute atomic E-state index is 0.0499. The smallest absolute Gasteiger partial charge is 0.348 e.